The molecule has 0 aliphatic heterocycles. The number of Topliss-reactive ketones (excluding diaryl/α,β-unsaturated/α-hetero) is 1. The summed E-state index contributed by atoms with van der Waals surface area (Å²) in [5, 5.41) is 10.7. The number of rotatable bonds is 5. The standard InChI is InChI=1S/C16H15NO4/c1-3-15(18)12-4-7-14(8-5-12)21-16-9-6-13(17(19)20)10-11(16)2/h4-10H,3H2,1-2H3. The predicted octanol–water partition coefficient (Wildman–Crippen LogP) is 4.29. The van der Waals surface area contributed by atoms with Gasteiger partial charge in [-0.05, 0) is 42.8 Å². The number of nitro groups is 1. The van der Waals surface area contributed by atoms with Crippen molar-refractivity contribution in [2.45, 2.75) is 20.3 Å². The van der Waals surface area contributed by atoms with Gasteiger partial charge < -0.3 is 4.74 Å². The van der Waals surface area contributed by atoms with Crippen molar-refractivity contribution in [3.05, 3.63) is 63.7 Å². The lowest BCUT2D eigenvalue weighted by Gasteiger charge is -2.09. The first-order valence-electron chi connectivity index (χ1n) is 6.57. The molecule has 0 amide bonds. The fourth-order valence-corrected chi connectivity index (χ4v) is 1.90. The van der Waals surface area contributed by atoms with E-state index in [2.05, 4.69) is 0 Å². The zero-order valence-electron chi connectivity index (χ0n) is 11.8. The van der Waals surface area contributed by atoms with Gasteiger partial charge in [-0.25, -0.2) is 0 Å². The van der Waals surface area contributed by atoms with Crippen molar-refractivity contribution >= 4 is 11.5 Å². The molecule has 0 saturated carbocycles. The van der Waals surface area contributed by atoms with Crippen LogP contribution in [-0.2, 0) is 0 Å². The van der Waals surface area contributed by atoms with Crippen molar-refractivity contribution < 1.29 is 14.5 Å². The molecule has 108 valence electrons. The molecule has 0 aliphatic carbocycles. The maximum absolute atomic E-state index is 11.5. The molecule has 0 spiro atoms. The van der Waals surface area contributed by atoms with Crippen LogP contribution in [0.1, 0.15) is 29.3 Å². The van der Waals surface area contributed by atoms with E-state index in [1.165, 1.54) is 12.1 Å². The summed E-state index contributed by atoms with van der Waals surface area (Å²) in [5.74, 6) is 1.21. The van der Waals surface area contributed by atoms with Gasteiger partial charge in [0.15, 0.2) is 5.78 Å². The first-order valence-corrected chi connectivity index (χ1v) is 6.57. The Kier molecular flexibility index (Phi) is 4.33. The molecule has 2 rings (SSSR count). The van der Waals surface area contributed by atoms with E-state index in [0.29, 0.717) is 29.0 Å². The van der Waals surface area contributed by atoms with Crippen molar-refractivity contribution in [2.75, 3.05) is 0 Å². The Morgan fingerprint density at radius 1 is 1.19 bits per heavy atom. The van der Waals surface area contributed by atoms with Gasteiger partial charge in [0.05, 0.1) is 4.92 Å². The molecule has 2 aromatic rings. The number of non-ortho nitro benzene ring substituents is 1. The van der Waals surface area contributed by atoms with Crippen LogP contribution in [0.3, 0.4) is 0 Å². The van der Waals surface area contributed by atoms with E-state index >= 15 is 0 Å². The third-order valence-electron chi connectivity index (χ3n) is 3.09. The van der Waals surface area contributed by atoms with E-state index in [-0.39, 0.29) is 11.5 Å². The van der Waals surface area contributed by atoms with E-state index < -0.39 is 4.92 Å². The molecule has 0 N–H and O–H groups in total. The highest BCUT2D eigenvalue weighted by molar-refractivity contribution is 5.95. The molecule has 0 heterocycles. The number of nitrogens with zero attached hydrogens (tertiary/aromatic N) is 1. The van der Waals surface area contributed by atoms with E-state index in [0.717, 1.165) is 0 Å². The highest BCUT2D eigenvalue weighted by Gasteiger charge is 2.10. The zero-order valence-corrected chi connectivity index (χ0v) is 11.8. The summed E-state index contributed by atoms with van der Waals surface area (Å²) in [6.45, 7) is 3.56. The Morgan fingerprint density at radius 3 is 2.38 bits per heavy atom. The Morgan fingerprint density at radius 2 is 1.86 bits per heavy atom. The van der Waals surface area contributed by atoms with Gasteiger partial charge in [0.25, 0.3) is 5.69 Å². The number of hydrogen-bond donors (Lipinski definition) is 0. The molecule has 5 nitrogen and oxygen atoms in total. The van der Waals surface area contributed by atoms with Crippen molar-refractivity contribution in [3.63, 3.8) is 0 Å². The molecule has 0 bridgehead atoms. The lowest BCUT2D eigenvalue weighted by atomic mass is 10.1. The van der Waals surface area contributed by atoms with Crippen molar-refractivity contribution in [2.24, 2.45) is 0 Å². The van der Waals surface area contributed by atoms with Crippen LogP contribution < -0.4 is 4.74 Å². The minimum Gasteiger partial charge on any atom is -0.457 e. The Hall–Kier alpha value is -2.69. The van der Waals surface area contributed by atoms with Crippen molar-refractivity contribution in [1.82, 2.24) is 0 Å². The number of carbonyl (C=O) groups is 1. The van der Waals surface area contributed by atoms with Gasteiger partial charge in [-0.3, -0.25) is 14.9 Å². The van der Waals surface area contributed by atoms with Crippen LogP contribution in [0.5, 0.6) is 11.5 Å². The predicted molar refractivity (Wildman–Crippen MR) is 79.0 cm³/mol. The molecule has 0 unspecified atom stereocenters. The van der Waals surface area contributed by atoms with Crippen LogP contribution in [0.25, 0.3) is 0 Å². The van der Waals surface area contributed by atoms with E-state index in [1.54, 1.807) is 37.3 Å². The van der Waals surface area contributed by atoms with E-state index in [1.807, 2.05) is 6.92 Å². The van der Waals surface area contributed by atoms with E-state index in [4.69, 9.17) is 4.74 Å². The molecule has 5 heteroatoms. The van der Waals surface area contributed by atoms with Gasteiger partial charge >= 0.3 is 0 Å². The lowest BCUT2D eigenvalue weighted by Crippen LogP contribution is -1.96. The topological polar surface area (TPSA) is 69.4 Å². The minimum absolute atomic E-state index is 0.0312. The van der Waals surface area contributed by atoms with Gasteiger partial charge in [-0.15, -0.1) is 0 Å². The first kappa shape index (κ1) is 14.7. The summed E-state index contributed by atoms with van der Waals surface area (Å²) in [7, 11) is 0. The van der Waals surface area contributed by atoms with Crippen LogP contribution in [0, 0.1) is 17.0 Å². The molecule has 0 saturated heterocycles. The van der Waals surface area contributed by atoms with Crippen LogP contribution in [0.15, 0.2) is 42.5 Å². The quantitative estimate of drug-likeness (QED) is 0.467. The molecule has 0 radical (unpaired) electrons. The fraction of sp³-hybridized carbons (Fsp3) is 0.188. The minimum atomic E-state index is -0.443. The molecule has 0 aliphatic rings. The normalized spacial score (nSPS) is 10.2. The second-order valence-electron chi connectivity index (χ2n) is 4.61. The molecule has 0 aromatic heterocycles. The van der Waals surface area contributed by atoms with Crippen LogP contribution in [-0.4, -0.2) is 10.7 Å². The zero-order chi connectivity index (χ0) is 15.4. The number of ketones is 1. The van der Waals surface area contributed by atoms with Crippen LogP contribution >= 0.6 is 0 Å². The number of carbonyl (C=O) groups excluding carboxylic acids is 1. The number of ether oxygens (including phenoxy) is 1. The summed E-state index contributed by atoms with van der Waals surface area (Å²) in [5.41, 5.74) is 1.35. The smallest absolute Gasteiger partial charge is 0.269 e. The molecular formula is C16H15NO4. The Bertz CT molecular complexity index is 677. The van der Waals surface area contributed by atoms with Gasteiger partial charge in [0.2, 0.25) is 0 Å². The largest absolute Gasteiger partial charge is 0.457 e. The fourth-order valence-electron chi connectivity index (χ4n) is 1.90. The molecular weight excluding hydrogens is 270 g/mol. The third kappa shape index (κ3) is 3.45. The summed E-state index contributed by atoms with van der Waals surface area (Å²) in [6.07, 6.45) is 0.460. The second-order valence-corrected chi connectivity index (χ2v) is 4.61. The lowest BCUT2D eigenvalue weighted by molar-refractivity contribution is -0.384. The monoisotopic (exact) mass is 285 g/mol. The number of hydrogen-bond acceptors (Lipinski definition) is 4. The summed E-state index contributed by atoms with van der Waals surface area (Å²) >= 11 is 0. The number of aryl methyl sites for hydroxylation is 1. The molecule has 21 heavy (non-hydrogen) atoms. The first-order chi connectivity index (χ1) is 10.0. The maximum atomic E-state index is 11.5. The van der Waals surface area contributed by atoms with Gasteiger partial charge in [-0.2, -0.15) is 0 Å². The SMILES string of the molecule is CCC(=O)c1ccc(Oc2ccc([N+](=O)[O-])cc2C)cc1. The van der Waals surface area contributed by atoms with Crippen molar-refractivity contribution in [3.8, 4) is 11.5 Å². The highest BCUT2D eigenvalue weighted by atomic mass is 16.6. The van der Waals surface area contributed by atoms with Gasteiger partial charge in [0, 0.05) is 24.1 Å². The van der Waals surface area contributed by atoms with Crippen LogP contribution in [0.2, 0.25) is 0 Å². The number of benzene rings is 2. The number of nitro benzene ring substituents is 1. The third-order valence-corrected chi connectivity index (χ3v) is 3.09. The van der Waals surface area contributed by atoms with Crippen molar-refractivity contribution in [1.29, 1.82) is 0 Å². The Labute approximate surface area is 122 Å². The second kappa shape index (κ2) is 6.17. The van der Waals surface area contributed by atoms with E-state index in [9.17, 15) is 14.9 Å². The summed E-state index contributed by atoms with van der Waals surface area (Å²) < 4.78 is 5.68. The molecule has 0 atom stereocenters. The summed E-state index contributed by atoms with van der Waals surface area (Å²) in [6, 6.07) is 11.3. The van der Waals surface area contributed by atoms with Gasteiger partial charge in [0.1, 0.15) is 11.5 Å². The maximum Gasteiger partial charge on any atom is 0.269 e. The van der Waals surface area contributed by atoms with Crippen LogP contribution in [0.4, 0.5) is 5.69 Å². The van der Waals surface area contributed by atoms with Gasteiger partial charge in [-0.1, -0.05) is 6.92 Å². The molecule has 2 aromatic carbocycles. The highest BCUT2D eigenvalue weighted by Crippen LogP contribution is 2.28. The molecule has 0 fully saturated rings. The average Bonchev–Trinajstić information content (AvgIpc) is 2.49. The summed E-state index contributed by atoms with van der Waals surface area (Å²) in [4.78, 5) is 21.8. The average molecular weight is 285 g/mol. The Balaban J connectivity index is 2.18.